The summed E-state index contributed by atoms with van der Waals surface area (Å²) >= 11 is 0. The van der Waals surface area contributed by atoms with Crippen LogP contribution in [0.2, 0.25) is 0 Å². The van der Waals surface area contributed by atoms with Gasteiger partial charge in [0.2, 0.25) is 17.7 Å². The van der Waals surface area contributed by atoms with Crippen LogP contribution in [0.4, 0.5) is 48.4 Å². The number of urea groups is 1. The molecule has 10 rings (SSSR count). The Bertz CT molecular complexity index is 2820. The molecule has 19 heteroatoms. The predicted octanol–water partition coefficient (Wildman–Crippen LogP) is 8.14. The SMILES string of the molecule is COc1ccc(CN2C(=O)CCN(c3ccc(N4CCC(F)(CN5CCC(n6cc(Nc7ncc8c(n7)CN(c7cnc9c(c7C)N(C(=O)OC(C)(C)C)CCO9)CC8)cn6)CC5)CC4)cc3C)C2=O)cc1. The quantitative estimate of drug-likeness (QED) is 0.135. The minimum absolute atomic E-state index is 0.188. The van der Waals surface area contributed by atoms with E-state index in [0.717, 1.165) is 89.6 Å². The molecule has 0 aliphatic carbocycles. The first kappa shape index (κ1) is 48.6. The van der Waals surface area contributed by atoms with E-state index in [0.29, 0.717) is 82.0 Å². The van der Waals surface area contributed by atoms with Crippen molar-refractivity contribution in [2.45, 2.75) is 104 Å². The summed E-state index contributed by atoms with van der Waals surface area (Å²) in [4.78, 5) is 65.4. The standard InChI is InChI=1S/C53H65FN12O6/c1-35-27-41(9-12-44(35)63-22-16-46(67)65(50(63)68)31-37-7-10-42(70-6)11-8-37)61-23-17-53(54,18-24-61)34-60-19-14-40(15-20-60)66-32-39(29-57-66)58-49-56-28-38-13-21-62(33-43(38)59-49)45-30-55-48-47(36(45)2)64(25-26-71-48)51(69)72-52(3,4)5/h7-12,27-30,32,40H,13-26,31,33-34H2,1-6H3,(H,56,58,59). The zero-order chi connectivity index (χ0) is 50.3. The lowest BCUT2D eigenvalue weighted by molar-refractivity contribution is -0.129. The summed E-state index contributed by atoms with van der Waals surface area (Å²) in [6.07, 6.45) is 10.7. The number of aromatic nitrogens is 5. The molecule has 72 heavy (non-hydrogen) atoms. The maximum atomic E-state index is 16.5. The Kier molecular flexibility index (Phi) is 13.4. The lowest BCUT2D eigenvalue weighted by atomic mass is 9.91. The van der Waals surface area contributed by atoms with Gasteiger partial charge in [0.1, 0.15) is 29.3 Å². The van der Waals surface area contributed by atoms with Crippen LogP contribution in [0.15, 0.2) is 67.3 Å². The first-order chi connectivity index (χ1) is 34.6. The number of benzene rings is 2. The number of piperidine rings is 2. The fourth-order valence-electron chi connectivity index (χ4n) is 10.6. The molecule has 380 valence electrons. The van der Waals surface area contributed by atoms with Gasteiger partial charge in [-0.3, -0.25) is 24.2 Å². The van der Waals surface area contributed by atoms with Crippen molar-refractivity contribution in [3.05, 3.63) is 95.2 Å². The van der Waals surface area contributed by atoms with Gasteiger partial charge in [-0.1, -0.05) is 12.1 Å². The Morgan fingerprint density at radius 3 is 2.42 bits per heavy atom. The Balaban J connectivity index is 0.699. The number of carbonyl (C=O) groups excluding carboxylic acids is 3. The fourth-order valence-corrected chi connectivity index (χ4v) is 10.6. The summed E-state index contributed by atoms with van der Waals surface area (Å²) in [7, 11) is 1.60. The van der Waals surface area contributed by atoms with Gasteiger partial charge >= 0.3 is 12.1 Å². The Morgan fingerprint density at radius 1 is 0.903 bits per heavy atom. The van der Waals surface area contributed by atoms with Gasteiger partial charge in [-0.2, -0.15) is 5.10 Å². The van der Waals surface area contributed by atoms with Crippen LogP contribution < -0.4 is 34.4 Å². The number of rotatable bonds is 11. The van der Waals surface area contributed by atoms with Crippen LogP contribution in [0, 0.1) is 13.8 Å². The number of aryl methyl sites for hydroxylation is 1. The maximum absolute atomic E-state index is 16.5. The summed E-state index contributed by atoms with van der Waals surface area (Å²) < 4.78 is 35.4. The van der Waals surface area contributed by atoms with Crippen molar-refractivity contribution in [3.63, 3.8) is 0 Å². The fraction of sp³-hybridized carbons (Fsp3) is 0.491. The normalized spacial score (nSPS) is 18.7. The zero-order valence-electron chi connectivity index (χ0n) is 42.2. The zero-order valence-corrected chi connectivity index (χ0v) is 42.2. The van der Waals surface area contributed by atoms with Gasteiger partial charge < -0.3 is 34.2 Å². The van der Waals surface area contributed by atoms with Crippen molar-refractivity contribution in [1.29, 1.82) is 0 Å². The van der Waals surface area contributed by atoms with Crippen LogP contribution in [-0.2, 0) is 29.0 Å². The molecule has 0 spiro atoms. The van der Waals surface area contributed by atoms with E-state index in [1.807, 2.05) is 94.3 Å². The third-order valence-electron chi connectivity index (χ3n) is 14.6. The Labute approximate surface area is 420 Å². The summed E-state index contributed by atoms with van der Waals surface area (Å²) in [5, 5.41) is 8.09. The topological polar surface area (TPSA) is 167 Å². The van der Waals surface area contributed by atoms with Gasteiger partial charge in [0, 0.05) is 94.4 Å². The molecule has 0 bridgehead atoms. The second kappa shape index (κ2) is 19.9. The van der Waals surface area contributed by atoms with Crippen molar-refractivity contribution in [2.75, 3.05) is 91.0 Å². The smallest absolute Gasteiger partial charge is 0.415 e. The van der Waals surface area contributed by atoms with E-state index in [2.05, 4.69) is 36.1 Å². The molecular weight excluding hydrogens is 920 g/mol. The summed E-state index contributed by atoms with van der Waals surface area (Å²) in [5.74, 6) is 1.44. The summed E-state index contributed by atoms with van der Waals surface area (Å²) in [6, 6.07) is 13.3. The molecule has 0 atom stereocenters. The van der Waals surface area contributed by atoms with Gasteiger partial charge in [-0.15, -0.1) is 0 Å². The van der Waals surface area contributed by atoms with Crippen LogP contribution in [0.25, 0.3) is 0 Å². The summed E-state index contributed by atoms with van der Waals surface area (Å²) in [6.45, 7) is 15.3. The number of pyridine rings is 1. The lowest BCUT2D eigenvalue weighted by Gasteiger charge is -2.42. The Morgan fingerprint density at radius 2 is 1.68 bits per heavy atom. The number of carbonyl (C=O) groups is 3. The third kappa shape index (κ3) is 10.3. The molecule has 3 fully saturated rings. The molecule has 0 saturated carbocycles. The number of alkyl halides is 1. The number of nitrogens with one attached hydrogen (secondary N) is 1. The van der Waals surface area contributed by atoms with Gasteiger partial charge in [-0.25, -0.2) is 28.9 Å². The van der Waals surface area contributed by atoms with E-state index in [1.165, 1.54) is 4.90 Å². The number of halogens is 1. The first-order valence-corrected chi connectivity index (χ1v) is 25.2. The number of ether oxygens (including phenoxy) is 3. The maximum Gasteiger partial charge on any atom is 0.415 e. The van der Waals surface area contributed by atoms with Crippen molar-refractivity contribution in [3.8, 4) is 11.6 Å². The largest absolute Gasteiger partial charge is 0.497 e. The number of amides is 4. The van der Waals surface area contributed by atoms with E-state index in [-0.39, 0.29) is 30.9 Å². The van der Waals surface area contributed by atoms with Crippen molar-refractivity contribution in [1.82, 2.24) is 34.5 Å². The van der Waals surface area contributed by atoms with Crippen LogP contribution in [0.5, 0.6) is 11.6 Å². The molecule has 3 aromatic heterocycles. The molecule has 0 unspecified atom stereocenters. The highest BCUT2D eigenvalue weighted by molar-refractivity contribution is 6.06. The molecule has 18 nitrogen and oxygen atoms in total. The predicted molar refractivity (Wildman–Crippen MR) is 272 cm³/mol. The van der Waals surface area contributed by atoms with Crippen molar-refractivity contribution >= 4 is 52.4 Å². The highest BCUT2D eigenvalue weighted by Gasteiger charge is 2.39. The number of methoxy groups -OCH3 is 1. The van der Waals surface area contributed by atoms with Crippen LogP contribution in [0.1, 0.15) is 86.9 Å². The molecule has 3 saturated heterocycles. The minimum atomic E-state index is -1.28. The molecule has 2 aromatic carbocycles. The first-order valence-electron chi connectivity index (χ1n) is 25.2. The number of imide groups is 1. The number of hydrogen-bond donors (Lipinski definition) is 1. The Hall–Kier alpha value is -7.02. The van der Waals surface area contributed by atoms with E-state index in [1.54, 1.807) is 23.1 Å². The van der Waals surface area contributed by atoms with Gasteiger partial charge in [0.15, 0.2) is 0 Å². The second-order valence-electron chi connectivity index (χ2n) is 20.7. The molecule has 5 aliphatic rings. The molecular formula is C53H65FN12O6. The van der Waals surface area contributed by atoms with E-state index in [4.69, 9.17) is 24.3 Å². The van der Waals surface area contributed by atoms with Crippen molar-refractivity contribution < 1.29 is 33.0 Å². The number of hydrogen-bond acceptors (Lipinski definition) is 14. The molecule has 0 radical (unpaired) electrons. The number of likely N-dealkylation sites (tertiary alicyclic amines) is 1. The van der Waals surface area contributed by atoms with E-state index < -0.39 is 17.4 Å². The molecule has 5 aromatic rings. The molecule has 4 amide bonds. The molecule has 1 N–H and O–H groups in total. The summed E-state index contributed by atoms with van der Waals surface area (Å²) in [5.41, 5.74) is 6.89. The minimum Gasteiger partial charge on any atom is -0.497 e. The average molecular weight is 985 g/mol. The van der Waals surface area contributed by atoms with E-state index in [9.17, 15) is 14.4 Å². The average Bonchev–Trinajstić information content (AvgIpc) is 3.83. The highest BCUT2D eigenvalue weighted by atomic mass is 19.1. The molecule has 5 aliphatic heterocycles. The number of fused-ring (bicyclic) bond motifs is 2. The third-order valence-corrected chi connectivity index (χ3v) is 14.6. The number of anilines is 6. The van der Waals surface area contributed by atoms with Gasteiger partial charge in [0.05, 0.1) is 62.2 Å². The van der Waals surface area contributed by atoms with Crippen molar-refractivity contribution in [2.24, 2.45) is 0 Å². The lowest BCUT2D eigenvalue weighted by Crippen LogP contribution is -2.52. The van der Waals surface area contributed by atoms with Crippen LogP contribution in [0.3, 0.4) is 0 Å². The monoisotopic (exact) mass is 985 g/mol. The van der Waals surface area contributed by atoms with Gasteiger partial charge in [-0.05, 0) is 101 Å². The van der Waals surface area contributed by atoms with Crippen LogP contribution in [-0.4, -0.2) is 130 Å². The van der Waals surface area contributed by atoms with Gasteiger partial charge in [0.25, 0.3) is 0 Å². The second-order valence-corrected chi connectivity index (χ2v) is 20.7. The highest BCUT2D eigenvalue weighted by Crippen LogP contribution is 2.40. The van der Waals surface area contributed by atoms with E-state index >= 15 is 4.39 Å². The molecule has 8 heterocycles. The number of nitrogens with zero attached hydrogens (tertiary/aromatic N) is 11. The van der Waals surface area contributed by atoms with Crippen LogP contribution >= 0.6 is 0 Å².